The summed E-state index contributed by atoms with van der Waals surface area (Å²) in [5.74, 6) is 0. The van der Waals surface area contributed by atoms with E-state index in [1.165, 1.54) is 52.4 Å². The summed E-state index contributed by atoms with van der Waals surface area (Å²) in [6.07, 6.45) is 9.00. The van der Waals surface area contributed by atoms with Crippen molar-refractivity contribution < 1.29 is 10.6 Å². The summed E-state index contributed by atoms with van der Waals surface area (Å²) in [5.41, 5.74) is 3.91. The first-order valence-corrected chi connectivity index (χ1v) is 4.51. The maximum atomic E-state index is 8.30. The van der Waals surface area contributed by atoms with Crippen molar-refractivity contribution in [3.63, 3.8) is 0 Å². The molecular formula is C9H23NO2. The second-order valence-electron chi connectivity index (χ2n) is 3.77. The maximum absolute atomic E-state index is 8.30. The van der Waals surface area contributed by atoms with Gasteiger partial charge in [-0.25, -0.2) is 0 Å². The Hall–Kier alpha value is -0.120. The van der Waals surface area contributed by atoms with Crippen LogP contribution in [0.4, 0.5) is 0 Å². The van der Waals surface area contributed by atoms with Gasteiger partial charge in [0.25, 0.3) is 0 Å². The molecule has 0 saturated heterocycles. The highest BCUT2D eigenvalue weighted by atomic mass is 16.3. The van der Waals surface area contributed by atoms with Gasteiger partial charge in [-0.05, 0) is 13.8 Å². The molecule has 1 rings (SSSR count). The molecule has 1 fully saturated rings. The van der Waals surface area contributed by atoms with E-state index in [1.54, 1.807) is 0 Å². The molecule has 1 aliphatic carbocycles. The predicted octanol–water partition coefficient (Wildman–Crippen LogP) is 1.19. The second-order valence-corrected chi connectivity index (χ2v) is 3.77. The Balaban J connectivity index is 0. The van der Waals surface area contributed by atoms with Crippen molar-refractivity contribution in [1.29, 1.82) is 0 Å². The Kier molecular flexibility index (Phi) is 9.03. The summed E-state index contributed by atoms with van der Waals surface area (Å²) in [7, 11) is 0. The first-order chi connectivity index (χ1) is 5.00. The van der Waals surface area contributed by atoms with Crippen LogP contribution in [0.5, 0.6) is 0 Å². The Bertz CT molecular complexity index is 67.5. The molecule has 0 aromatic heterocycles. The highest BCUT2D eigenvalue weighted by Gasteiger charge is 1.98. The summed E-state index contributed by atoms with van der Waals surface area (Å²) < 4.78 is 0. The number of hydrogen-bond acceptors (Lipinski definition) is 2. The quantitative estimate of drug-likeness (QED) is 0.545. The summed E-state index contributed by atoms with van der Waals surface area (Å²) in [6, 6.07) is 0. The van der Waals surface area contributed by atoms with Crippen molar-refractivity contribution in [2.75, 3.05) is 0 Å². The smallest absolute Gasteiger partial charge is 0.107 e. The molecule has 76 valence electrons. The average Bonchev–Trinajstić information content (AvgIpc) is 1.88. The lowest BCUT2D eigenvalue weighted by Crippen LogP contribution is -2.30. The van der Waals surface area contributed by atoms with Crippen LogP contribution in [-0.2, 0) is 0 Å². The molecule has 0 aliphatic heterocycles. The molecular weight excluding hydrogens is 154 g/mol. The van der Waals surface area contributed by atoms with E-state index in [4.69, 9.17) is 10.8 Å². The number of aliphatic hydroxyl groups is 1. The van der Waals surface area contributed by atoms with Crippen LogP contribution in [0, 0.1) is 0 Å². The van der Waals surface area contributed by atoms with Gasteiger partial charge >= 0.3 is 0 Å². The third-order valence-corrected chi connectivity index (χ3v) is 1.50. The molecule has 3 nitrogen and oxygen atoms in total. The van der Waals surface area contributed by atoms with E-state index in [9.17, 15) is 0 Å². The van der Waals surface area contributed by atoms with E-state index in [2.05, 4.69) is 0 Å². The maximum Gasteiger partial charge on any atom is 0.107 e. The highest BCUT2D eigenvalue weighted by molar-refractivity contribution is 4.51. The Labute approximate surface area is 75.3 Å². The molecule has 0 atom stereocenters. The zero-order valence-electron chi connectivity index (χ0n) is 8.27. The molecule has 1 saturated carbocycles. The van der Waals surface area contributed by atoms with Crippen LogP contribution in [0.1, 0.15) is 52.4 Å². The van der Waals surface area contributed by atoms with Crippen molar-refractivity contribution in [1.82, 2.24) is 0 Å². The van der Waals surface area contributed by atoms with Crippen LogP contribution in [0.15, 0.2) is 0 Å². The third-order valence-electron chi connectivity index (χ3n) is 1.50. The molecule has 0 amide bonds. The van der Waals surface area contributed by atoms with Crippen molar-refractivity contribution in [2.24, 2.45) is 5.73 Å². The minimum absolute atomic E-state index is 0. The van der Waals surface area contributed by atoms with Gasteiger partial charge in [-0.2, -0.15) is 0 Å². The van der Waals surface area contributed by atoms with Crippen LogP contribution in [-0.4, -0.2) is 16.3 Å². The van der Waals surface area contributed by atoms with Crippen LogP contribution >= 0.6 is 0 Å². The van der Waals surface area contributed by atoms with Crippen molar-refractivity contribution >= 4 is 0 Å². The lowest BCUT2D eigenvalue weighted by Gasteiger charge is -2.05. The molecule has 1 aliphatic rings. The SMILES string of the molecule is C1CCCCC1.CC(C)(N)O.O. The third kappa shape index (κ3) is 22.5. The van der Waals surface area contributed by atoms with Crippen LogP contribution < -0.4 is 5.73 Å². The standard InChI is InChI=1S/C6H12.C3H9NO.H2O/c1-2-4-6-5-3-1;1-3(2,4)5;/h1-6H2;5H,4H2,1-2H3;1H2. The zero-order chi connectivity index (χ0) is 8.74. The van der Waals surface area contributed by atoms with Gasteiger partial charge in [0.1, 0.15) is 5.72 Å². The molecule has 5 N–H and O–H groups in total. The van der Waals surface area contributed by atoms with Gasteiger partial charge in [-0.3, -0.25) is 0 Å². The topological polar surface area (TPSA) is 77.8 Å². The molecule has 3 heteroatoms. The normalized spacial score (nSPS) is 17.0. The molecule has 0 unspecified atom stereocenters. The Morgan fingerprint density at radius 1 is 0.917 bits per heavy atom. The lowest BCUT2D eigenvalue weighted by atomic mass is 10.0. The van der Waals surface area contributed by atoms with Gasteiger partial charge in [0, 0.05) is 0 Å². The molecule has 0 heterocycles. The summed E-state index contributed by atoms with van der Waals surface area (Å²) in [5, 5.41) is 8.30. The minimum atomic E-state index is -1.00. The van der Waals surface area contributed by atoms with Gasteiger partial charge in [-0.15, -0.1) is 0 Å². The first kappa shape index (κ1) is 14.4. The summed E-state index contributed by atoms with van der Waals surface area (Å²) >= 11 is 0. The molecule has 0 bridgehead atoms. The van der Waals surface area contributed by atoms with E-state index in [-0.39, 0.29) is 5.48 Å². The largest absolute Gasteiger partial charge is 0.412 e. The minimum Gasteiger partial charge on any atom is -0.412 e. The van der Waals surface area contributed by atoms with Gasteiger partial charge < -0.3 is 16.3 Å². The van der Waals surface area contributed by atoms with Gasteiger partial charge in [-0.1, -0.05) is 38.5 Å². The molecule has 12 heavy (non-hydrogen) atoms. The van der Waals surface area contributed by atoms with E-state index in [0.29, 0.717) is 0 Å². The first-order valence-electron chi connectivity index (χ1n) is 4.51. The van der Waals surface area contributed by atoms with Crippen LogP contribution in [0.2, 0.25) is 0 Å². The number of hydrogen-bond donors (Lipinski definition) is 2. The number of rotatable bonds is 0. The highest BCUT2D eigenvalue weighted by Crippen LogP contribution is 2.15. The zero-order valence-corrected chi connectivity index (χ0v) is 8.27. The molecule has 0 aromatic rings. The van der Waals surface area contributed by atoms with Crippen molar-refractivity contribution in [3.05, 3.63) is 0 Å². The lowest BCUT2D eigenvalue weighted by molar-refractivity contribution is 0.0881. The van der Waals surface area contributed by atoms with E-state index in [0.717, 1.165) is 0 Å². The Morgan fingerprint density at radius 3 is 1.08 bits per heavy atom. The predicted molar refractivity (Wildman–Crippen MR) is 51.8 cm³/mol. The summed E-state index contributed by atoms with van der Waals surface area (Å²) in [6.45, 7) is 3.04. The fourth-order valence-electron chi connectivity index (χ4n) is 1.06. The Morgan fingerprint density at radius 2 is 1.00 bits per heavy atom. The summed E-state index contributed by atoms with van der Waals surface area (Å²) in [4.78, 5) is 0. The van der Waals surface area contributed by atoms with E-state index in [1.807, 2.05) is 0 Å². The van der Waals surface area contributed by atoms with Gasteiger partial charge in [0.15, 0.2) is 0 Å². The second kappa shape index (κ2) is 7.53. The van der Waals surface area contributed by atoms with Gasteiger partial charge in [0.05, 0.1) is 0 Å². The van der Waals surface area contributed by atoms with Crippen molar-refractivity contribution in [3.8, 4) is 0 Å². The van der Waals surface area contributed by atoms with E-state index < -0.39 is 5.72 Å². The fraction of sp³-hybridized carbons (Fsp3) is 1.00. The average molecular weight is 177 g/mol. The number of nitrogens with two attached hydrogens (primary N) is 1. The van der Waals surface area contributed by atoms with Crippen LogP contribution in [0.25, 0.3) is 0 Å². The molecule has 0 radical (unpaired) electrons. The fourth-order valence-corrected chi connectivity index (χ4v) is 1.06. The molecule has 0 aromatic carbocycles. The van der Waals surface area contributed by atoms with Gasteiger partial charge in [0.2, 0.25) is 0 Å². The molecule has 0 spiro atoms. The monoisotopic (exact) mass is 177 g/mol. The van der Waals surface area contributed by atoms with Crippen LogP contribution in [0.3, 0.4) is 0 Å². The van der Waals surface area contributed by atoms with E-state index >= 15 is 0 Å². The van der Waals surface area contributed by atoms with Crippen molar-refractivity contribution in [2.45, 2.75) is 58.1 Å².